The maximum Gasteiger partial charge on any atom is 0.356 e. The minimum atomic E-state index is -1.03. The lowest BCUT2D eigenvalue weighted by molar-refractivity contribution is 0.0693. The largest absolute Gasteiger partial charge is 0.476 e. The molecule has 0 amide bonds. The van der Waals surface area contributed by atoms with Gasteiger partial charge in [-0.1, -0.05) is 0 Å². The molecule has 6 heteroatoms. The molecule has 0 bridgehead atoms. The second-order valence-corrected chi connectivity index (χ2v) is 4.20. The van der Waals surface area contributed by atoms with Crippen LogP contribution in [0.1, 0.15) is 16.3 Å². The molecule has 0 aliphatic carbocycles. The van der Waals surface area contributed by atoms with Gasteiger partial charge in [-0.15, -0.1) is 0 Å². The van der Waals surface area contributed by atoms with Crippen LogP contribution in [0.3, 0.4) is 0 Å². The van der Waals surface area contributed by atoms with E-state index in [4.69, 9.17) is 10.8 Å². The Hall–Kier alpha value is -1.69. The Morgan fingerprint density at radius 1 is 1.69 bits per heavy atom. The van der Waals surface area contributed by atoms with Crippen molar-refractivity contribution in [3.8, 4) is 0 Å². The van der Waals surface area contributed by atoms with Crippen LogP contribution in [0.4, 0.5) is 5.69 Å². The number of carbonyl (C=O) groups is 1. The Labute approximate surface area is 96.3 Å². The SMILES string of the molecule is CSCc1nc(C(=O)O)c2cc(N)ccn12. The number of aromatic nitrogens is 2. The van der Waals surface area contributed by atoms with E-state index >= 15 is 0 Å². The van der Waals surface area contributed by atoms with Crippen LogP contribution in [0.5, 0.6) is 0 Å². The number of carboxylic acids is 1. The highest BCUT2D eigenvalue weighted by atomic mass is 32.2. The Bertz CT molecular complexity index is 550. The highest BCUT2D eigenvalue weighted by Crippen LogP contribution is 2.18. The fourth-order valence-corrected chi connectivity index (χ4v) is 2.01. The molecule has 0 radical (unpaired) electrons. The van der Waals surface area contributed by atoms with E-state index in [1.165, 1.54) is 0 Å². The molecule has 16 heavy (non-hydrogen) atoms. The van der Waals surface area contributed by atoms with Gasteiger partial charge < -0.3 is 15.2 Å². The quantitative estimate of drug-likeness (QED) is 0.845. The number of rotatable bonds is 3. The third-order valence-electron chi connectivity index (χ3n) is 2.22. The standard InChI is InChI=1S/C10H11N3O2S/c1-16-5-8-12-9(10(14)15)7-4-6(11)2-3-13(7)8/h2-4H,5,11H2,1H3,(H,14,15). The van der Waals surface area contributed by atoms with Crippen molar-refractivity contribution >= 4 is 28.9 Å². The van der Waals surface area contributed by atoms with Crippen molar-refractivity contribution in [2.24, 2.45) is 0 Å². The molecule has 0 aromatic carbocycles. The van der Waals surface area contributed by atoms with E-state index in [0.717, 1.165) is 5.82 Å². The molecule has 0 spiro atoms. The number of imidazole rings is 1. The predicted molar refractivity (Wildman–Crippen MR) is 63.8 cm³/mol. The van der Waals surface area contributed by atoms with Crippen LogP contribution in [0.2, 0.25) is 0 Å². The van der Waals surface area contributed by atoms with Crippen molar-refractivity contribution in [3.05, 3.63) is 29.8 Å². The van der Waals surface area contributed by atoms with Crippen LogP contribution in [0, 0.1) is 0 Å². The molecule has 2 aromatic rings. The first-order valence-corrected chi connectivity index (χ1v) is 6.01. The number of nitrogens with zero attached hydrogens (tertiary/aromatic N) is 2. The molecule has 0 aliphatic heterocycles. The molecular formula is C10H11N3O2S. The lowest BCUT2D eigenvalue weighted by Gasteiger charge is -1.99. The van der Waals surface area contributed by atoms with E-state index in [9.17, 15) is 4.79 Å². The summed E-state index contributed by atoms with van der Waals surface area (Å²) in [5.41, 5.74) is 6.76. The number of thioether (sulfide) groups is 1. The molecular weight excluding hydrogens is 226 g/mol. The van der Waals surface area contributed by atoms with E-state index in [0.29, 0.717) is 17.0 Å². The van der Waals surface area contributed by atoms with Crippen molar-refractivity contribution in [1.82, 2.24) is 9.38 Å². The average molecular weight is 237 g/mol. The van der Waals surface area contributed by atoms with Gasteiger partial charge in [0, 0.05) is 11.9 Å². The summed E-state index contributed by atoms with van der Waals surface area (Å²) in [6.07, 6.45) is 3.69. The molecule has 2 aromatic heterocycles. The van der Waals surface area contributed by atoms with E-state index < -0.39 is 5.97 Å². The van der Waals surface area contributed by atoms with Crippen molar-refractivity contribution in [2.45, 2.75) is 5.75 Å². The van der Waals surface area contributed by atoms with Crippen molar-refractivity contribution < 1.29 is 9.90 Å². The lowest BCUT2D eigenvalue weighted by Crippen LogP contribution is -1.97. The van der Waals surface area contributed by atoms with E-state index in [1.807, 2.05) is 6.26 Å². The number of anilines is 1. The normalized spacial score (nSPS) is 10.8. The average Bonchev–Trinajstić information content (AvgIpc) is 2.57. The van der Waals surface area contributed by atoms with Crippen LogP contribution in [0.25, 0.3) is 5.52 Å². The highest BCUT2D eigenvalue weighted by molar-refractivity contribution is 7.97. The number of aromatic carboxylic acids is 1. The first kappa shape index (κ1) is 10.8. The minimum absolute atomic E-state index is 0.0522. The van der Waals surface area contributed by atoms with Crippen molar-refractivity contribution in [2.75, 3.05) is 12.0 Å². The number of carboxylic acid groups (broad SMARTS) is 1. The number of pyridine rings is 1. The Balaban J connectivity index is 2.71. The highest BCUT2D eigenvalue weighted by Gasteiger charge is 2.16. The monoisotopic (exact) mass is 237 g/mol. The minimum Gasteiger partial charge on any atom is -0.476 e. The summed E-state index contributed by atoms with van der Waals surface area (Å²) >= 11 is 1.59. The maximum absolute atomic E-state index is 11.0. The van der Waals surface area contributed by atoms with Gasteiger partial charge in [-0.2, -0.15) is 11.8 Å². The van der Waals surface area contributed by atoms with E-state index in [-0.39, 0.29) is 5.69 Å². The van der Waals surface area contributed by atoms with Gasteiger partial charge in [-0.3, -0.25) is 0 Å². The third-order valence-corrected chi connectivity index (χ3v) is 2.76. The molecule has 0 fully saturated rings. The molecule has 0 unspecified atom stereocenters. The van der Waals surface area contributed by atoms with Crippen LogP contribution < -0.4 is 5.73 Å². The second-order valence-electron chi connectivity index (χ2n) is 3.33. The lowest BCUT2D eigenvalue weighted by atomic mass is 10.3. The Morgan fingerprint density at radius 3 is 3.06 bits per heavy atom. The molecule has 84 valence electrons. The molecule has 0 saturated carbocycles. The fraction of sp³-hybridized carbons (Fsp3) is 0.200. The van der Waals surface area contributed by atoms with Gasteiger partial charge in [0.2, 0.25) is 0 Å². The summed E-state index contributed by atoms with van der Waals surface area (Å²) in [7, 11) is 0. The van der Waals surface area contributed by atoms with Crippen LogP contribution in [0.15, 0.2) is 18.3 Å². The van der Waals surface area contributed by atoms with Crippen molar-refractivity contribution in [1.29, 1.82) is 0 Å². The number of hydrogen-bond donors (Lipinski definition) is 2. The number of nitrogen functional groups attached to an aromatic ring is 1. The molecule has 0 aliphatic rings. The summed E-state index contributed by atoms with van der Waals surface area (Å²) in [4.78, 5) is 15.1. The predicted octanol–water partition coefficient (Wildman–Crippen LogP) is 1.48. The van der Waals surface area contributed by atoms with Crippen LogP contribution >= 0.6 is 11.8 Å². The van der Waals surface area contributed by atoms with Crippen LogP contribution in [-0.2, 0) is 5.75 Å². The number of nitrogens with two attached hydrogens (primary N) is 1. The number of hydrogen-bond acceptors (Lipinski definition) is 4. The number of fused-ring (bicyclic) bond motifs is 1. The van der Waals surface area contributed by atoms with Gasteiger partial charge in [0.05, 0.1) is 11.3 Å². The maximum atomic E-state index is 11.0. The van der Waals surface area contributed by atoms with Gasteiger partial charge in [0.15, 0.2) is 5.69 Å². The molecule has 2 heterocycles. The molecule has 2 rings (SSSR count). The van der Waals surface area contributed by atoms with E-state index in [1.54, 1.807) is 34.5 Å². The van der Waals surface area contributed by atoms with Gasteiger partial charge in [-0.05, 0) is 18.4 Å². The Morgan fingerprint density at radius 2 is 2.44 bits per heavy atom. The molecule has 0 atom stereocenters. The summed E-state index contributed by atoms with van der Waals surface area (Å²) in [5.74, 6) is 0.355. The molecule has 5 nitrogen and oxygen atoms in total. The second kappa shape index (κ2) is 4.05. The first-order valence-electron chi connectivity index (χ1n) is 4.62. The van der Waals surface area contributed by atoms with Gasteiger partial charge >= 0.3 is 5.97 Å². The summed E-state index contributed by atoms with van der Waals surface area (Å²) in [6.45, 7) is 0. The zero-order chi connectivity index (χ0) is 11.7. The fourth-order valence-electron chi connectivity index (χ4n) is 1.55. The first-order chi connectivity index (χ1) is 7.63. The Kier molecular flexibility index (Phi) is 2.74. The molecule has 3 N–H and O–H groups in total. The van der Waals surface area contributed by atoms with E-state index in [2.05, 4.69) is 4.98 Å². The zero-order valence-corrected chi connectivity index (χ0v) is 9.49. The van der Waals surface area contributed by atoms with Gasteiger partial charge in [0.1, 0.15) is 5.82 Å². The summed E-state index contributed by atoms with van der Waals surface area (Å²) in [6, 6.07) is 3.35. The molecule has 0 saturated heterocycles. The topological polar surface area (TPSA) is 80.6 Å². The summed E-state index contributed by atoms with van der Waals surface area (Å²) < 4.78 is 1.76. The zero-order valence-electron chi connectivity index (χ0n) is 8.67. The smallest absolute Gasteiger partial charge is 0.356 e. The van der Waals surface area contributed by atoms with Gasteiger partial charge in [-0.25, -0.2) is 9.78 Å². The third kappa shape index (κ3) is 1.71. The van der Waals surface area contributed by atoms with Crippen molar-refractivity contribution in [3.63, 3.8) is 0 Å². The van der Waals surface area contributed by atoms with Gasteiger partial charge in [0.25, 0.3) is 0 Å². The van der Waals surface area contributed by atoms with Crippen LogP contribution in [-0.4, -0.2) is 26.7 Å². The summed E-state index contributed by atoms with van der Waals surface area (Å²) in [5, 5.41) is 9.03.